The Morgan fingerprint density at radius 3 is 2.85 bits per heavy atom. The van der Waals surface area contributed by atoms with Gasteiger partial charge in [-0.15, -0.1) is 0 Å². The molecule has 1 aliphatic heterocycles. The predicted octanol–water partition coefficient (Wildman–Crippen LogP) is 2.72. The lowest BCUT2D eigenvalue weighted by molar-refractivity contribution is -0.117. The molecule has 4 heteroatoms. The molecule has 1 saturated heterocycles. The minimum absolute atomic E-state index is 0.0849. The first-order valence-electron chi connectivity index (χ1n) is 7.43. The van der Waals surface area contributed by atoms with Crippen molar-refractivity contribution in [2.75, 3.05) is 25.0 Å². The van der Waals surface area contributed by atoms with Gasteiger partial charge in [0.25, 0.3) is 0 Å². The fourth-order valence-corrected chi connectivity index (χ4v) is 2.56. The van der Waals surface area contributed by atoms with Crippen LogP contribution in [0.2, 0.25) is 0 Å². The van der Waals surface area contributed by atoms with Crippen LogP contribution in [-0.4, -0.2) is 25.6 Å². The van der Waals surface area contributed by atoms with Gasteiger partial charge in [-0.3, -0.25) is 4.79 Å². The zero-order chi connectivity index (χ0) is 14.4. The van der Waals surface area contributed by atoms with E-state index in [-0.39, 0.29) is 5.91 Å². The average molecular weight is 276 g/mol. The van der Waals surface area contributed by atoms with E-state index in [0.29, 0.717) is 18.9 Å². The third-order valence-electron chi connectivity index (χ3n) is 3.64. The number of piperidine rings is 1. The summed E-state index contributed by atoms with van der Waals surface area (Å²) < 4.78 is 5.58. The smallest absolute Gasteiger partial charge is 0.224 e. The van der Waals surface area contributed by atoms with E-state index in [9.17, 15) is 4.79 Å². The molecule has 0 atom stereocenters. The fourth-order valence-electron chi connectivity index (χ4n) is 2.56. The van der Waals surface area contributed by atoms with Crippen LogP contribution < -0.4 is 15.4 Å². The van der Waals surface area contributed by atoms with E-state index in [2.05, 4.69) is 10.6 Å². The molecule has 0 radical (unpaired) electrons. The standard InChI is InChI=1S/C16H24N2O2/c1-3-20-15-10-12(2)4-5-14(15)18-16(19)11-13-6-8-17-9-7-13/h4-5,10,13,17H,3,6-9,11H2,1-2H3,(H,18,19). The SMILES string of the molecule is CCOc1cc(C)ccc1NC(=O)CC1CCNCC1. The zero-order valence-corrected chi connectivity index (χ0v) is 12.4. The number of rotatable bonds is 5. The second-order valence-corrected chi connectivity index (χ2v) is 5.38. The normalized spacial score (nSPS) is 15.9. The Balaban J connectivity index is 1.96. The maximum Gasteiger partial charge on any atom is 0.224 e. The number of hydrogen-bond donors (Lipinski definition) is 2. The van der Waals surface area contributed by atoms with Gasteiger partial charge in [0.15, 0.2) is 0 Å². The highest BCUT2D eigenvalue weighted by Gasteiger charge is 2.17. The number of ether oxygens (including phenoxy) is 1. The van der Waals surface area contributed by atoms with E-state index in [4.69, 9.17) is 4.74 Å². The molecule has 0 bridgehead atoms. The number of nitrogens with one attached hydrogen (secondary N) is 2. The van der Waals surface area contributed by atoms with Crippen LogP contribution in [0, 0.1) is 12.8 Å². The zero-order valence-electron chi connectivity index (χ0n) is 12.4. The van der Waals surface area contributed by atoms with Crippen molar-refractivity contribution in [3.05, 3.63) is 23.8 Å². The lowest BCUT2D eigenvalue weighted by Crippen LogP contribution is -2.30. The first kappa shape index (κ1) is 14.9. The van der Waals surface area contributed by atoms with Gasteiger partial charge in [0.2, 0.25) is 5.91 Å². The number of hydrogen-bond acceptors (Lipinski definition) is 3. The summed E-state index contributed by atoms with van der Waals surface area (Å²) in [6, 6.07) is 5.87. The van der Waals surface area contributed by atoms with Crippen molar-refractivity contribution in [1.82, 2.24) is 5.32 Å². The highest BCUT2D eigenvalue weighted by molar-refractivity contribution is 5.92. The Hall–Kier alpha value is -1.55. The average Bonchev–Trinajstić information content (AvgIpc) is 2.43. The second-order valence-electron chi connectivity index (χ2n) is 5.38. The molecule has 1 amide bonds. The van der Waals surface area contributed by atoms with E-state index < -0.39 is 0 Å². The Morgan fingerprint density at radius 1 is 1.40 bits per heavy atom. The molecule has 1 aromatic carbocycles. The molecule has 0 aromatic heterocycles. The van der Waals surface area contributed by atoms with Crippen LogP contribution in [0.1, 0.15) is 31.7 Å². The molecule has 20 heavy (non-hydrogen) atoms. The molecule has 4 nitrogen and oxygen atoms in total. The van der Waals surface area contributed by atoms with Crippen molar-refractivity contribution in [3.8, 4) is 5.75 Å². The summed E-state index contributed by atoms with van der Waals surface area (Å²) in [5.41, 5.74) is 1.90. The maximum absolute atomic E-state index is 12.1. The van der Waals surface area contributed by atoms with Gasteiger partial charge in [-0.1, -0.05) is 6.07 Å². The van der Waals surface area contributed by atoms with E-state index in [1.165, 1.54) is 0 Å². The summed E-state index contributed by atoms with van der Waals surface area (Å²) in [4.78, 5) is 12.1. The summed E-state index contributed by atoms with van der Waals surface area (Å²) in [5, 5.41) is 6.30. The van der Waals surface area contributed by atoms with Gasteiger partial charge in [0, 0.05) is 6.42 Å². The first-order chi connectivity index (χ1) is 9.69. The number of benzene rings is 1. The van der Waals surface area contributed by atoms with Gasteiger partial charge in [-0.05, 0) is 63.4 Å². The third kappa shape index (κ3) is 4.23. The number of anilines is 1. The summed E-state index contributed by atoms with van der Waals surface area (Å²) in [6.07, 6.45) is 2.76. The van der Waals surface area contributed by atoms with Crippen LogP contribution in [0.3, 0.4) is 0 Å². The van der Waals surface area contributed by atoms with Gasteiger partial charge in [-0.25, -0.2) is 0 Å². The molecular weight excluding hydrogens is 252 g/mol. The van der Waals surface area contributed by atoms with Crippen molar-refractivity contribution in [2.24, 2.45) is 5.92 Å². The molecule has 1 aromatic rings. The molecule has 0 aliphatic carbocycles. The maximum atomic E-state index is 12.1. The van der Waals surface area contributed by atoms with Crippen LogP contribution in [0.5, 0.6) is 5.75 Å². The summed E-state index contributed by atoms with van der Waals surface area (Å²) in [5.74, 6) is 1.34. The molecule has 2 N–H and O–H groups in total. The third-order valence-corrected chi connectivity index (χ3v) is 3.64. The molecule has 0 saturated carbocycles. The van der Waals surface area contributed by atoms with Crippen LogP contribution in [0.4, 0.5) is 5.69 Å². The van der Waals surface area contributed by atoms with Gasteiger partial charge < -0.3 is 15.4 Å². The molecule has 1 aliphatic rings. The second kappa shape index (κ2) is 7.29. The minimum Gasteiger partial charge on any atom is -0.492 e. The first-order valence-corrected chi connectivity index (χ1v) is 7.43. The van der Waals surface area contributed by atoms with Gasteiger partial charge >= 0.3 is 0 Å². The van der Waals surface area contributed by atoms with Crippen molar-refractivity contribution in [3.63, 3.8) is 0 Å². The number of amides is 1. The van der Waals surface area contributed by atoms with Gasteiger partial charge in [0.05, 0.1) is 12.3 Å². The minimum atomic E-state index is 0.0849. The number of carbonyl (C=O) groups is 1. The van der Waals surface area contributed by atoms with Gasteiger partial charge in [0.1, 0.15) is 5.75 Å². The van der Waals surface area contributed by atoms with Crippen LogP contribution in [-0.2, 0) is 4.79 Å². The highest BCUT2D eigenvalue weighted by atomic mass is 16.5. The predicted molar refractivity (Wildman–Crippen MR) is 81.2 cm³/mol. The Morgan fingerprint density at radius 2 is 2.15 bits per heavy atom. The van der Waals surface area contributed by atoms with Crippen molar-refractivity contribution in [2.45, 2.75) is 33.1 Å². The van der Waals surface area contributed by atoms with E-state index in [1.54, 1.807) is 0 Å². The van der Waals surface area contributed by atoms with Gasteiger partial charge in [-0.2, -0.15) is 0 Å². The molecule has 2 rings (SSSR count). The highest BCUT2D eigenvalue weighted by Crippen LogP contribution is 2.26. The topological polar surface area (TPSA) is 50.4 Å². The summed E-state index contributed by atoms with van der Waals surface area (Å²) >= 11 is 0. The quantitative estimate of drug-likeness (QED) is 0.869. The molecular formula is C16H24N2O2. The lowest BCUT2D eigenvalue weighted by atomic mass is 9.94. The molecule has 0 unspecified atom stereocenters. The van der Waals surface area contributed by atoms with Crippen molar-refractivity contribution < 1.29 is 9.53 Å². The summed E-state index contributed by atoms with van der Waals surface area (Å²) in [6.45, 7) is 6.60. The largest absolute Gasteiger partial charge is 0.492 e. The van der Waals surface area contributed by atoms with Crippen molar-refractivity contribution in [1.29, 1.82) is 0 Å². The van der Waals surface area contributed by atoms with Crippen molar-refractivity contribution >= 4 is 11.6 Å². The van der Waals surface area contributed by atoms with Crippen LogP contribution in [0.15, 0.2) is 18.2 Å². The number of aryl methyl sites for hydroxylation is 1. The van der Waals surface area contributed by atoms with E-state index in [1.807, 2.05) is 32.0 Å². The molecule has 1 heterocycles. The molecule has 110 valence electrons. The van der Waals surface area contributed by atoms with Crippen LogP contribution in [0.25, 0.3) is 0 Å². The van der Waals surface area contributed by atoms with E-state index in [0.717, 1.165) is 42.9 Å². The molecule has 1 fully saturated rings. The summed E-state index contributed by atoms with van der Waals surface area (Å²) in [7, 11) is 0. The van der Waals surface area contributed by atoms with E-state index >= 15 is 0 Å². The Kier molecular flexibility index (Phi) is 5.41. The Labute approximate surface area is 120 Å². The lowest BCUT2D eigenvalue weighted by Gasteiger charge is -2.22. The van der Waals surface area contributed by atoms with Crippen LogP contribution >= 0.6 is 0 Å². The monoisotopic (exact) mass is 276 g/mol. The number of carbonyl (C=O) groups excluding carboxylic acids is 1. The Bertz CT molecular complexity index is 454. The molecule has 0 spiro atoms. The fraction of sp³-hybridized carbons (Fsp3) is 0.562.